The van der Waals surface area contributed by atoms with Crippen LogP contribution in [0, 0.1) is 12.7 Å². The summed E-state index contributed by atoms with van der Waals surface area (Å²) in [4.78, 5) is 29.2. The number of amides is 1. The molecule has 0 radical (unpaired) electrons. The molecule has 130 valence electrons. The van der Waals surface area contributed by atoms with Gasteiger partial charge in [0, 0.05) is 16.6 Å². The van der Waals surface area contributed by atoms with Crippen molar-refractivity contribution in [2.45, 2.75) is 6.92 Å². The third kappa shape index (κ3) is 2.77. The molecule has 7 nitrogen and oxygen atoms in total. The average molecular weight is 351 g/mol. The number of carbonyl (C=O) groups excluding carboxylic acids is 1. The molecule has 1 amide bonds. The van der Waals surface area contributed by atoms with Crippen LogP contribution in [0.1, 0.15) is 16.1 Å². The highest BCUT2D eigenvalue weighted by molar-refractivity contribution is 6.06. The van der Waals surface area contributed by atoms with Gasteiger partial charge < -0.3 is 10.3 Å². The molecule has 0 bridgehead atoms. The van der Waals surface area contributed by atoms with Gasteiger partial charge in [-0.05, 0) is 36.8 Å². The summed E-state index contributed by atoms with van der Waals surface area (Å²) >= 11 is 0. The van der Waals surface area contributed by atoms with Crippen LogP contribution >= 0.6 is 0 Å². The van der Waals surface area contributed by atoms with E-state index in [1.54, 1.807) is 30.3 Å². The van der Waals surface area contributed by atoms with E-state index in [1.165, 1.54) is 12.1 Å². The van der Waals surface area contributed by atoms with Crippen molar-refractivity contribution in [3.63, 3.8) is 0 Å². The number of aryl methyl sites for hydroxylation is 1. The summed E-state index contributed by atoms with van der Waals surface area (Å²) in [6, 6.07) is 11.4. The highest BCUT2D eigenvalue weighted by Gasteiger charge is 2.14. The van der Waals surface area contributed by atoms with Crippen molar-refractivity contribution in [2.24, 2.45) is 0 Å². The number of H-pyrrole nitrogens is 3. The number of benzene rings is 2. The quantitative estimate of drug-likeness (QED) is 0.456. The molecule has 4 N–H and O–H groups in total. The van der Waals surface area contributed by atoms with Gasteiger partial charge >= 0.3 is 5.69 Å². The van der Waals surface area contributed by atoms with Crippen LogP contribution in [0.15, 0.2) is 47.3 Å². The van der Waals surface area contributed by atoms with Crippen LogP contribution in [0.2, 0.25) is 0 Å². The van der Waals surface area contributed by atoms with Gasteiger partial charge in [0.2, 0.25) is 0 Å². The van der Waals surface area contributed by atoms with Crippen molar-refractivity contribution in [3.8, 4) is 11.4 Å². The Hall–Kier alpha value is -3.68. The number of nitrogens with zero attached hydrogens (tertiary/aromatic N) is 1. The number of hydrogen-bond donors (Lipinski definition) is 4. The van der Waals surface area contributed by atoms with Crippen LogP contribution < -0.4 is 11.0 Å². The third-order valence-corrected chi connectivity index (χ3v) is 4.09. The Kier molecular flexibility index (Phi) is 3.65. The molecular formula is C18H14FN5O2. The molecule has 0 atom stereocenters. The number of aromatic amines is 3. The SMILES string of the molecule is Cc1ccc(F)c2cc(C(=O)Nc3cccc(-c4n[nH]c(=O)[nH]4)c3)[nH]c12. The lowest BCUT2D eigenvalue weighted by Gasteiger charge is -2.05. The lowest BCUT2D eigenvalue weighted by Crippen LogP contribution is -2.12. The first-order valence-electron chi connectivity index (χ1n) is 7.85. The van der Waals surface area contributed by atoms with E-state index in [4.69, 9.17) is 0 Å². The predicted molar refractivity (Wildman–Crippen MR) is 95.6 cm³/mol. The smallest absolute Gasteiger partial charge is 0.340 e. The van der Waals surface area contributed by atoms with Gasteiger partial charge in [0.15, 0.2) is 5.82 Å². The molecule has 0 spiro atoms. The minimum atomic E-state index is -0.412. The number of rotatable bonds is 3. The Morgan fingerprint density at radius 1 is 1.15 bits per heavy atom. The summed E-state index contributed by atoms with van der Waals surface area (Å²) in [5, 5.41) is 9.27. The molecule has 8 heteroatoms. The van der Waals surface area contributed by atoms with Crippen molar-refractivity contribution in [3.05, 3.63) is 70.0 Å². The van der Waals surface area contributed by atoms with E-state index in [2.05, 4.69) is 25.5 Å². The minimum absolute atomic E-state index is 0.256. The zero-order valence-corrected chi connectivity index (χ0v) is 13.7. The van der Waals surface area contributed by atoms with Crippen molar-refractivity contribution in [1.82, 2.24) is 20.2 Å². The van der Waals surface area contributed by atoms with Crippen LogP contribution in [-0.4, -0.2) is 26.1 Å². The molecule has 0 aliphatic rings. The first-order chi connectivity index (χ1) is 12.5. The lowest BCUT2D eigenvalue weighted by molar-refractivity contribution is 0.102. The van der Waals surface area contributed by atoms with E-state index in [0.717, 1.165) is 5.56 Å². The number of aromatic nitrogens is 4. The van der Waals surface area contributed by atoms with Crippen LogP contribution in [-0.2, 0) is 0 Å². The number of halogens is 1. The third-order valence-electron chi connectivity index (χ3n) is 4.09. The van der Waals surface area contributed by atoms with Crippen LogP contribution in [0.4, 0.5) is 10.1 Å². The second-order valence-corrected chi connectivity index (χ2v) is 5.90. The Morgan fingerprint density at radius 2 is 2.00 bits per heavy atom. The van der Waals surface area contributed by atoms with E-state index in [-0.39, 0.29) is 11.5 Å². The van der Waals surface area contributed by atoms with Crippen molar-refractivity contribution >= 4 is 22.5 Å². The summed E-state index contributed by atoms with van der Waals surface area (Å²) in [6.45, 7) is 1.84. The summed E-state index contributed by atoms with van der Waals surface area (Å²) in [5.41, 5.74) is 2.45. The Labute approximate surface area is 146 Å². The second-order valence-electron chi connectivity index (χ2n) is 5.90. The van der Waals surface area contributed by atoms with Crippen LogP contribution in [0.25, 0.3) is 22.3 Å². The topological polar surface area (TPSA) is 106 Å². The van der Waals surface area contributed by atoms with Gasteiger partial charge in [-0.1, -0.05) is 18.2 Å². The second kappa shape index (κ2) is 5.99. The molecule has 0 fully saturated rings. The molecule has 4 rings (SSSR count). The average Bonchev–Trinajstić information content (AvgIpc) is 3.26. The molecule has 2 heterocycles. The van der Waals surface area contributed by atoms with Crippen molar-refractivity contribution < 1.29 is 9.18 Å². The molecule has 0 saturated carbocycles. The van der Waals surface area contributed by atoms with Gasteiger partial charge in [-0.3, -0.25) is 9.78 Å². The van der Waals surface area contributed by atoms with Gasteiger partial charge in [0.1, 0.15) is 11.5 Å². The largest absolute Gasteiger partial charge is 0.350 e. The molecule has 26 heavy (non-hydrogen) atoms. The van der Waals surface area contributed by atoms with E-state index in [0.29, 0.717) is 28.0 Å². The molecule has 4 aromatic rings. The predicted octanol–water partition coefficient (Wildman–Crippen LogP) is 2.95. The summed E-state index contributed by atoms with van der Waals surface area (Å²) in [6.07, 6.45) is 0. The van der Waals surface area contributed by atoms with Crippen LogP contribution in [0.3, 0.4) is 0 Å². The maximum absolute atomic E-state index is 13.9. The van der Waals surface area contributed by atoms with E-state index < -0.39 is 11.6 Å². The van der Waals surface area contributed by atoms with Gasteiger partial charge in [-0.2, -0.15) is 5.10 Å². The molecule has 2 aromatic carbocycles. The zero-order chi connectivity index (χ0) is 18.3. The summed E-state index contributed by atoms with van der Waals surface area (Å²) in [5.74, 6) is -0.410. The fraction of sp³-hybridized carbons (Fsp3) is 0.0556. The summed E-state index contributed by atoms with van der Waals surface area (Å²) in [7, 11) is 0. The van der Waals surface area contributed by atoms with Crippen molar-refractivity contribution in [1.29, 1.82) is 0 Å². The molecule has 2 aromatic heterocycles. The first kappa shape index (κ1) is 15.8. The number of carbonyl (C=O) groups is 1. The lowest BCUT2D eigenvalue weighted by atomic mass is 10.1. The molecule has 0 aliphatic carbocycles. The normalized spacial score (nSPS) is 11.0. The Bertz CT molecular complexity index is 1150. The van der Waals surface area contributed by atoms with Gasteiger partial charge in [-0.15, -0.1) is 0 Å². The maximum atomic E-state index is 13.9. The molecular weight excluding hydrogens is 337 g/mol. The molecule has 0 unspecified atom stereocenters. The maximum Gasteiger partial charge on any atom is 0.340 e. The number of anilines is 1. The number of hydrogen-bond acceptors (Lipinski definition) is 3. The minimum Gasteiger partial charge on any atom is -0.350 e. The Balaban J connectivity index is 1.63. The first-order valence-corrected chi connectivity index (χ1v) is 7.85. The van der Waals surface area contributed by atoms with Crippen LogP contribution in [0.5, 0.6) is 0 Å². The monoisotopic (exact) mass is 351 g/mol. The highest BCUT2D eigenvalue weighted by Crippen LogP contribution is 2.23. The Morgan fingerprint density at radius 3 is 2.73 bits per heavy atom. The fourth-order valence-corrected chi connectivity index (χ4v) is 2.80. The summed E-state index contributed by atoms with van der Waals surface area (Å²) < 4.78 is 13.9. The van der Waals surface area contributed by atoms with Crippen molar-refractivity contribution in [2.75, 3.05) is 5.32 Å². The van der Waals surface area contributed by atoms with Gasteiger partial charge in [0.25, 0.3) is 5.91 Å². The van der Waals surface area contributed by atoms with E-state index in [1.807, 2.05) is 6.92 Å². The van der Waals surface area contributed by atoms with E-state index in [9.17, 15) is 14.0 Å². The molecule has 0 saturated heterocycles. The molecule has 0 aliphatic heterocycles. The van der Waals surface area contributed by atoms with E-state index >= 15 is 0 Å². The number of fused-ring (bicyclic) bond motifs is 1. The standard InChI is InChI=1S/C18H14FN5O2/c1-9-5-6-13(19)12-8-14(21-15(9)12)17(25)20-11-4-2-3-10(7-11)16-22-18(26)24-23-16/h2-8,21H,1H3,(H,20,25)(H2,22,23,24,26). The zero-order valence-electron chi connectivity index (χ0n) is 13.7. The van der Waals surface area contributed by atoms with Gasteiger partial charge in [0.05, 0.1) is 5.52 Å². The fourth-order valence-electron chi connectivity index (χ4n) is 2.80. The van der Waals surface area contributed by atoms with Gasteiger partial charge in [-0.25, -0.2) is 14.3 Å². The highest BCUT2D eigenvalue weighted by atomic mass is 19.1. The number of nitrogens with one attached hydrogen (secondary N) is 4.